The number of rotatable bonds is 4. The molecule has 1 N–H and O–H groups in total. The second-order valence-corrected chi connectivity index (χ2v) is 5.84. The number of hydrogen-bond donors (Lipinski definition) is 1. The lowest BCUT2D eigenvalue weighted by atomic mass is 9.95. The van der Waals surface area contributed by atoms with Crippen LogP contribution in [0.2, 0.25) is 10.0 Å². The summed E-state index contributed by atoms with van der Waals surface area (Å²) in [6, 6.07) is 5.62. The minimum atomic E-state index is 0.288. The lowest BCUT2D eigenvalue weighted by molar-refractivity contribution is 0.142. The number of piperidine rings is 1. The van der Waals surface area contributed by atoms with Crippen molar-refractivity contribution in [3.63, 3.8) is 0 Å². The minimum Gasteiger partial charge on any atom is -0.396 e. The lowest BCUT2D eigenvalue weighted by Crippen LogP contribution is -2.35. The molecule has 0 aliphatic carbocycles. The van der Waals surface area contributed by atoms with Gasteiger partial charge in [0.15, 0.2) is 0 Å². The monoisotopic (exact) mass is 287 g/mol. The van der Waals surface area contributed by atoms with Crippen LogP contribution < -0.4 is 0 Å². The molecule has 100 valence electrons. The molecule has 1 saturated heterocycles. The van der Waals surface area contributed by atoms with Crippen LogP contribution in [-0.4, -0.2) is 29.7 Å². The highest BCUT2D eigenvalue weighted by Crippen LogP contribution is 2.25. The second kappa shape index (κ2) is 6.76. The SMILES string of the molecule is OCCC1CCCN(Cc2cc(Cl)ccc2Cl)C1. The molecular weight excluding hydrogens is 269 g/mol. The fourth-order valence-corrected chi connectivity index (χ4v) is 2.99. The molecule has 0 aromatic heterocycles. The zero-order valence-corrected chi connectivity index (χ0v) is 11.9. The molecule has 4 heteroatoms. The summed E-state index contributed by atoms with van der Waals surface area (Å²) in [6.07, 6.45) is 3.32. The summed E-state index contributed by atoms with van der Waals surface area (Å²) < 4.78 is 0. The van der Waals surface area contributed by atoms with Crippen LogP contribution in [0.5, 0.6) is 0 Å². The number of halogens is 2. The Morgan fingerprint density at radius 2 is 2.17 bits per heavy atom. The van der Waals surface area contributed by atoms with Gasteiger partial charge in [0.2, 0.25) is 0 Å². The van der Waals surface area contributed by atoms with Gasteiger partial charge in [0.1, 0.15) is 0 Å². The van der Waals surface area contributed by atoms with E-state index < -0.39 is 0 Å². The van der Waals surface area contributed by atoms with Crippen LogP contribution in [-0.2, 0) is 6.54 Å². The first-order valence-electron chi connectivity index (χ1n) is 6.46. The van der Waals surface area contributed by atoms with Crippen LogP contribution in [0.25, 0.3) is 0 Å². The largest absolute Gasteiger partial charge is 0.396 e. The van der Waals surface area contributed by atoms with E-state index in [9.17, 15) is 0 Å². The van der Waals surface area contributed by atoms with Gasteiger partial charge in [0, 0.05) is 29.7 Å². The third kappa shape index (κ3) is 3.86. The van der Waals surface area contributed by atoms with Crippen molar-refractivity contribution in [1.29, 1.82) is 0 Å². The van der Waals surface area contributed by atoms with Crippen molar-refractivity contribution in [2.75, 3.05) is 19.7 Å². The molecular formula is C14H19Cl2NO. The molecule has 1 aliphatic heterocycles. The Labute approximate surface area is 119 Å². The summed E-state index contributed by atoms with van der Waals surface area (Å²) in [4.78, 5) is 2.40. The standard InChI is InChI=1S/C14H19Cl2NO/c15-13-3-4-14(16)12(8-13)10-17-6-1-2-11(9-17)5-7-18/h3-4,8,11,18H,1-2,5-7,9-10H2. The van der Waals surface area contributed by atoms with Crippen LogP contribution in [0.1, 0.15) is 24.8 Å². The van der Waals surface area contributed by atoms with Crippen LogP contribution in [0.3, 0.4) is 0 Å². The first kappa shape index (κ1) is 14.1. The highest BCUT2D eigenvalue weighted by Gasteiger charge is 2.20. The average molecular weight is 288 g/mol. The Balaban J connectivity index is 1.98. The molecule has 0 bridgehead atoms. The summed E-state index contributed by atoms with van der Waals surface area (Å²) >= 11 is 12.2. The van der Waals surface area contributed by atoms with Gasteiger partial charge in [0.25, 0.3) is 0 Å². The van der Waals surface area contributed by atoms with Gasteiger partial charge < -0.3 is 5.11 Å². The third-order valence-electron chi connectivity index (χ3n) is 3.54. The number of benzene rings is 1. The third-order valence-corrected chi connectivity index (χ3v) is 4.15. The van der Waals surface area contributed by atoms with Gasteiger partial charge in [0.05, 0.1) is 0 Å². The van der Waals surface area contributed by atoms with Crippen molar-refractivity contribution in [3.05, 3.63) is 33.8 Å². The van der Waals surface area contributed by atoms with E-state index >= 15 is 0 Å². The van der Waals surface area contributed by atoms with Gasteiger partial charge in [-0.15, -0.1) is 0 Å². The molecule has 0 radical (unpaired) electrons. The van der Waals surface area contributed by atoms with Crippen LogP contribution in [0.15, 0.2) is 18.2 Å². The summed E-state index contributed by atoms with van der Waals surface area (Å²) in [6.45, 7) is 3.28. The molecule has 1 heterocycles. The molecule has 1 fully saturated rings. The van der Waals surface area contributed by atoms with Crippen LogP contribution >= 0.6 is 23.2 Å². The Bertz CT molecular complexity index is 395. The number of aliphatic hydroxyl groups is 1. The molecule has 1 unspecified atom stereocenters. The number of hydrogen-bond acceptors (Lipinski definition) is 2. The summed E-state index contributed by atoms with van der Waals surface area (Å²) in [5.41, 5.74) is 1.09. The highest BCUT2D eigenvalue weighted by atomic mass is 35.5. The van der Waals surface area contributed by atoms with Gasteiger partial charge >= 0.3 is 0 Å². The Morgan fingerprint density at radius 1 is 1.33 bits per heavy atom. The molecule has 18 heavy (non-hydrogen) atoms. The molecule has 1 aromatic rings. The van der Waals surface area contributed by atoms with E-state index in [1.165, 1.54) is 12.8 Å². The highest BCUT2D eigenvalue weighted by molar-refractivity contribution is 6.33. The normalized spacial score (nSPS) is 21.2. The zero-order chi connectivity index (χ0) is 13.0. The van der Waals surface area contributed by atoms with E-state index in [-0.39, 0.29) is 6.61 Å². The van der Waals surface area contributed by atoms with Crippen molar-refractivity contribution in [2.24, 2.45) is 5.92 Å². The topological polar surface area (TPSA) is 23.5 Å². The van der Waals surface area contributed by atoms with Crippen LogP contribution in [0.4, 0.5) is 0 Å². The van der Waals surface area contributed by atoms with Crippen LogP contribution in [0, 0.1) is 5.92 Å². The Morgan fingerprint density at radius 3 is 2.94 bits per heavy atom. The predicted molar refractivity (Wildman–Crippen MR) is 76.2 cm³/mol. The number of nitrogens with zero attached hydrogens (tertiary/aromatic N) is 1. The van der Waals surface area contributed by atoms with E-state index in [2.05, 4.69) is 4.90 Å². The number of aliphatic hydroxyl groups excluding tert-OH is 1. The van der Waals surface area contributed by atoms with Crippen molar-refractivity contribution in [3.8, 4) is 0 Å². The summed E-state index contributed by atoms with van der Waals surface area (Å²) in [7, 11) is 0. The van der Waals surface area contributed by atoms with Gasteiger partial charge in [-0.3, -0.25) is 4.90 Å². The average Bonchev–Trinajstić information content (AvgIpc) is 2.35. The van der Waals surface area contributed by atoms with Gasteiger partial charge in [-0.05, 0) is 55.5 Å². The van der Waals surface area contributed by atoms with Crippen molar-refractivity contribution >= 4 is 23.2 Å². The Kier molecular flexibility index (Phi) is 5.31. The van der Waals surface area contributed by atoms with E-state index in [1.807, 2.05) is 18.2 Å². The molecule has 1 aliphatic rings. The first-order chi connectivity index (χ1) is 8.69. The fourth-order valence-electron chi connectivity index (χ4n) is 2.62. The first-order valence-corrected chi connectivity index (χ1v) is 7.22. The molecule has 2 rings (SSSR count). The fraction of sp³-hybridized carbons (Fsp3) is 0.571. The van der Waals surface area contributed by atoms with E-state index in [0.29, 0.717) is 5.92 Å². The lowest BCUT2D eigenvalue weighted by Gasteiger charge is -2.32. The quantitative estimate of drug-likeness (QED) is 0.915. The van der Waals surface area contributed by atoms with Gasteiger partial charge in [-0.25, -0.2) is 0 Å². The molecule has 0 saturated carbocycles. The van der Waals surface area contributed by atoms with Crippen molar-refractivity contribution in [1.82, 2.24) is 4.90 Å². The molecule has 1 aromatic carbocycles. The number of likely N-dealkylation sites (tertiary alicyclic amines) is 1. The summed E-state index contributed by atoms with van der Waals surface area (Å²) in [5, 5.41) is 10.5. The maximum absolute atomic E-state index is 9.02. The zero-order valence-electron chi connectivity index (χ0n) is 10.4. The van der Waals surface area contributed by atoms with Crippen molar-refractivity contribution < 1.29 is 5.11 Å². The second-order valence-electron chi connectivity index (χ2n) is 4.99. The molecule has 0 spiro atoms. The molecule has 2 nitrogen and oxygen atoms in total. The smallest absolute Gasteiger partial charge is 0.0452 e. The maximum atomic E-state index is 9.02. The van der Waals surface area contributed by atoms with E-state index in [4.69, 9.17) is 28.3 Å². The van der Waals surface area contributed by atoms with E-state index in [0.717, 1.165) is 41.7 Å². The van der Waals surface area contributed by atoms with E-state index in [1.54, 1.807) is 0 Å². The Hall–Kier alpha value is -0.280. The predicted octanol–water partition coefficient (Wildman–Crippen LogP) is 3.59. The summed E-state index contributed by atoms with van der Waals surface area (Å²) in [5.74, 6) is 0.613. The van der Waals surface area contributed by atoms with Gasteiger partial charge in [-0.2, -0.15) is 0 Å². The van der Waals surface area contributed by atoms with Gasteiger partial charge in [-0.1, -0.05) is 23.2 Å². The molecule has 1 atom stereocenters. The maximum Gasteiger partial charge on any atom is 0.0452 e. The van der Waals surface area contributed by atoms with Crippen molar-refractivity contribution in [2.45, 2.75) is 25.8 Å². The minimum absolute atomic E-state index is 0.288. The molecule has 0 amide bonds.